The summed E-state index contributed by atoms with van der Waals surface area (Å²) < 4.78 is 2.75. The lowest BCUT2D eigenvalue weighted by atomic mass is 10.2. The highest BCUT2D eigenvalue weighted by atomic mass is 35.6. The first-order valence-corrected chi connectivity index (χ1v) is 10.4. The Balaban J connectivity index is 2.16. The molecule has 30 heavy (non-hydrogen) atoms. The molecular weight excluding hydrogens is 516 g/mol. The second-order valence-corrected chi connectivity index (χ2v) is 9.33. The van der Waals surface area contributed by atoms with Gasteiger partial charge in [0.2, 0.25) is 3.79 Å². The van der Waals surface area contributed by atoms with Gasteiger partial charge in [0.05, 0.1) is 28.9 Å². The molecule has 0 radical (unpaired) electrons. The third-order valence-corrected chi connectivity index (χ3v) is 5.06. The van der Waals surface area contributed by atoms with E-state index in [4.69, 9.17) is 75.0 Å². The minimum Gasteiger partial charge on any atom is -0.465 e. The zero-order chi connectivity index (χ0) is 22.5. The zero-order valence-corrected chi connectivity index (χ0v) is 19.7. The van der Waals surface area contributed by atoms with Crippen molar-refractivity contribution in [2.45, 2.75) is 9.96 Å². The van der Waals surface area contributed by atoms with Crippen molar-refractivity contribution in [3.63, 3.8) is 0 Å². The molecular formula is C18H14Cl5N3O3S. The number of anilines is 1. The molecule has 0 unspecified atom stereocenters. The average Bonchev–Trinajstić information content (AvgIpc) is 2.66. The molecule has 2 rings (SSSR count). The number of rotatable bonds is 5. The second-order valence-electron chi connectivity index (χ2n) is 5.71. The number of alkyl halides is 3. The van der Waals surface area contributed by atoms with E-state index in [0.717, 1.165) is 0 Å². The molecule has 2 aromatic rings. The van der Waals surface area contributed by atoms with Crippen molar-refractivity contribution < 1.29 is 14.3 Å². The van der Waals surface area contributed by atoms with E-state index in [2.05, 4.69) is 16.0 Å². The number of esters is 1. The lowest BCUT2D eigenvalue weighted by molar-refractivity contribution is 0.0601. The van der Waals surface area contributed by atoms with Crippen LogP contribution in [0.4, 0.5) is 5.69 Å². The van der Waals surface area contributed by atoms with Gasteiger partial charge in [0.25, 0.3) is 5.91 Å². The number of methoxy groups -OCH3 is 1. The molecule has 0 saturated heterocycles. The predicted molar refractivity (Wildman–Crippen MR) is 125 cm³/mol. The summed E-state index contributed by atoms with van der Waals surface area (Å²) in [6.07, 6.45) is -1.24. The molecule has 1 atom stereocenters. The Bertz CT molecular complexity index is 968. The molecule has 3 N–H and O–H groups in total. The van der Waals surface area contributed by atoms with Crippen LogP contribution in [0, 0.1) is 0 Å². The van der Waals surface area contributed by atoms with Crippen molar-refractivity contribution in [1.29, 1.82) is 0 Å². The van der Waals surface area contributed by atoms with E-state index in [0.29, 0.717) is 10.7 Å². The van der Waals surface area contributed by atoms with Crippen LogP contribution in [0.25, 0.3) is 0 Å². The summed E-state index contributed by atoms with van der Waals surface area (Å²) in [6, 6.07) is 10.8. The molecule has 0 saturated carbocycles. The first kappa shape index (κ1) is 24.8. The Morgan fingerprint density at radius 1 is 1.03 bits per heavy atom. The van der Waals surface area contributed by atoms with Gasteiger partial charge in [-0.05, 0) is 42.5 Å². The number of benzene rings is 2. The fraction of sp³-hybridized carbons (Fsp3) is 0.167. The van der Waals surface area contributed by atoms with Crippen LogP contribution < -0.4 is 16.0 Å². The minimum atomic E-state index is -1.98. The third kappa shape index (κ3) is 6.77. The molecule has 2 aromatic carbocycles. The van der Waals surface area contributed by atoms with E-state index in [1.54, 1.807) is 24.3 Å². The number of halogens is 5. The van der Waals surface area contributed by atoms with Crippen molar-refractivity contribution in [2.75, 3.05) is 12.4 Å². The molecule has 0 bridgehead atoms. The number of amides is 1. The van der Waals surface area contributed by atoms with Crippen LogP contribution in [-0.4, -0.2) is 34.1 Å². The first-order chi connectivity index (χ1) is 14.0. The SMILES string of the molecule is COC(=O)c1ccccc1NC(=S)N[C@H](NC(=O)c1ccc(Cl)cc1Cl)C(Cl)(Cl)Cl. The molecule has 0 aliphatic rings. The number of para-hydroxylation sites is 1. The summed E-state index contributed by atoms with van der Waals surface area (Å²) in [6.45, 7) is 0. The van der Waals surface area contributed by atoms with Gasteiger partial charge >= 0.3 is 5.97 Å². The van der Waals surface area contributed by atoms with Gasteiger partial charge in [-0.15, -0.1) is 0 Å². The maximum atomic E-state index is 12.6. The Kier molecular flexibility index (Phi) is 8.85. The molecule has 12 heteroatoms. The van der Waals surface area contributed by atoms with Gasteiger partial charge in [-0.1, -0.05) is 70.1 Å². The maximum absolute atomic E-state index is 12.6. The molecule has 6 nitrogen and oxygen atoms in total. The second kappa shape index (κ2) is 10.7. The van der Waals surface area contributed by atoms with Crippen LogP contribution in [-0.2, 0) is 4.74 Å². The van der Waals surface area contributed by atoms with Gasteiger partial charge in [0, 0.05) is 5.02 Å². The Hall–Kier alpha value is -1.48. The van der Waals surface area contributed by atoms with Crippen LogP contribution >= 0.6 is 70.2 Å². The van der Waals surface area contributed by atoms with Crippen molar-refractivity contribution in [3.8, 4) is 0 Å². The number of thiocarbonyl (C=S) groups is 1. The summed E-state index contributed by atoms with van der Waals surface area (Å²) in [4.78, 5) is 24.5. The third-order valence-electron chi connectivity index (χ3n) is 3.63. The van der Waals surface area contributed by atoms with Crippen LogP contribution in [0.2, 0.25) is 10.0 Å². The fourth-order valence-electron chi connectivity index (χ4n) is 2.25. The molecule has 160 valence electrons. The van der Waals surface area contributed by atoms with E-state index < -0.39 is 21.8 Å². The van der Waals surface area contributed by atoms with E-state index in [-0.39, 0.29) is 21.3 Å². The highest BCUT2D eigenvalue weighted by molar-refractivity contribution is 7.80. The lowest BCUT2D eigenvalue weighted by Crippen LogP contribution is -2.56. The summed E-state index contributed by atoms with van der Waals surface area (Å²) in [5.74, 6) is -1.19. The van der Waals surface area contributed by atoms with E-state index in [1.165, 1.54) is 25.3 Å². The first-order valence-electron chi connectivity index (χ1n) is 8.10. The Labute approximate surface area is 203 Å². The summed E-state index contributed by atoms with van der Waals surface area (Å²) in [7, 11) is 1.26. The van der Waals surface area contributed by atoms with Crippen molar-refractivity contribution in [3.05, 3.63) is 63.6 Å². The quantitative estimate of drug-likeness (QED) is 0.214. The normalized spacial score (nSPS) is 11.9. The Morgan fingerprint density at radius 2 is 1.70 bits per heavy atom. The lowest BCUT2D eigenvalue weighted by Gasteiger charge is -2.28. The molecule has 0 heterocycles. The van der Waals surface area contributed by atoms with Gasteiger partial charge in [0.1, 0.15) is 6.17 Å². The molecule has 0 fully saturated rings. The molecule has 0 aliphatic carbocycles. The largest absolute Gasteiger partial charge is 0.465 e. The highest BCUT2D eigenvalue weighted by Gasteiger charge is 2.35. The van der Waals surface area contributed by atoms with Crippen LogP contribution in [0.5, 0.6) is 0 Å². The van der Waals surface area contributed by atoms with Crippen LogP contribution in [0.3, 0.4) is 0 Å². The van der Waals surface area contributed by atoms with Crippen LogP contribution in [0.1, 0.15) is 20.7 Å². The number of hydrogen-bond acceptors (Lipinski definition) is 4. The van der Waals surface area contributed by atoms with Crippen molar-refractivity contribution >= 4 is 92.9 Å². The topological polar surface area (TPSA) is 79.5 Å². The van der Waals surface area contributed by atoms with E-state index >= 15 is 0 Å². The van der Waals surface area contributed by atoms with Crippen LogP contribution in [0.15, 0.2) is 42.5 Å². The predicted octanol–water partition coefficient (Wildman–Crippen LogP) is 5.19. The van der Waals surface area contributed by atoms with E-state index in [9.17, 15) is 9.59 Å². The van der Waals surface area contributed by atoms with Gasteiger partial charge in [0.15, 0.2) is 5.11 Å². The van der Waals surface area contributed by atoms with E-state index in [1.807, 2.05) is 0 Å². The summed E-state index contributed by atoms with van der Waals surface area (Å²) in [5, 5.41) is 8.47. The van der Waals surface area contributed by atoms with Gasteiger partial charge in [-0.2, -0.15) is 0 Å². The number of carbonyl (C=O) groups excluding carboxylic acids is 2. The fourth-order valence-corrected chi connectivity index (χ4v) is 3.30. The number of ether oxygens (including phenoxy) is 1. The van der Waals surface area contributed by atoms with Gasteiger partial charge in [-0.25, -0.2) is 4.79 Å². The monoisotopic (exact) mass is 527 g/mol. The van der Waals surface area contributed by atoms with Gasteiger partial charge in [-0.3, -0.25) is 4.79 Å². The standard InChI is InChI=1S/C18H14Cl5N3O3S/c1-29-15(28)11-4-2-3-5-13(11)24-17(30)26-16(18(21,22)23)25-14(27)10-7-6-9(19)8-12(10)20/h2-8,16H,1H3,(H,25,27)(H2,24,26,30)/t16-/m0/s1. The smallest absolute Gasteiger partial charge is 0.339 e. The highest BCUT2D eigenvalue weighted by Crippen LogP contribution is 2.30. The Morgan fingerprint density at radius 3 is 2.30 bits per heavy atom. The number of nitrogens with one attached hydrogen (secondary N) is 3. The molecule has 0 aromatic heterocycles. The zero-order valence-electron chi connectivity index (χ0n) is 15.1. The molecule has 0 spiro atoms. The number of hydrogen-bond donors (Lipinski definition) is 3. The minimum absolute atomic E-state index is 0.0230. The summed E-state index contributed by atoms with van der Waals surface area (Å²) >= 11 is 35.1. The van der Waals surface area contributed by atoms with Crippen molar-refractivity contribution in [2.24, 2.45) is 0 Å². The molecule has 0 aliphatic heterocycles. The average molecular weight is 530 g/mol. The van der Waals surface area contributed by atoms with Crippen molar-refractivity contribution in [1.82, 2.24) is 10.6 Å². The van der Waals surface area contributed by atoms with Gasteiger partial charge < -0.3 is 20.7 Å². The maximum Gasteiger partial charge on any atom is 0.339 e. The number of carbonyl (C=O) groups is 2. The molecule has 1 amide bonds. The summed E-state index contributed by atoms with van der Waals surface area (Å²) in [5.41, 5.74) is 0.723.